The van der Waals surface area contributed by atoms with E-state index in [9.17, 15) is 14.4 Å². The van der Waals surface area contributed by atoms with Crippen molar-refractivity contribution in [2.24, 2.45) is 5.41 Å². The lowest BCUT2D eigenvalue weighted by Gasteiger charge is -2.40. The number of aryl methyl sites for hydroxylation is 1. The van der Waals surface area contributed by atoms with Crippen molar-refractivity contribution in [2.75, 3.05) is 6.61 Å². The summed E-state index contributed by atoms with van der Waals surface area (Å²) in [6, 6.07) is 16.7. The molecule has 0 N–H and O–H groups in total. The number of esters is 1. The molecule has 0 radical (unpaired) electrons. The predicted octanol–water partition coefficient (Wildman–Crippen LogP) is 3.74. The van der Waals surface area contributed by atoms with Crippen LogP contribution >= 0.6 is 0 Å². The first-order valence-electron chi connectivity index (χ1n) is 8.93. The lowest BCUT2D eigenvalue weighted by molar-refractivity contribution is -0.154. The van der Waals surface area contributed by atoms with E-state index >= 15 is 0 Å². The van der Waals surface area contributed by atoms with E-state index in [2.05, 4.69) is 0 Å². The Hall–Kier alpha value is -2.75. The number of fused-ring (bicyclic) bond motifs is 1. The maximum Gasteiger partial charge on any atom is 0.320 e. The van der Waals surface area contributed by atoms with E-state index in [1.54, 1.807) is 19.1 Å². The van der Waals surface area contributed by atoms with Crippen LogP contribution in [0.1, 0.15) is 47.2 Å². The Morgan fingerprint density at radius 3 is 2.54 bits per heavy atom. The van der Waals surface area contributed by atoms with Gasteiger partial charge in [0.25, 0.3) is 0 Å². The molecule has 4 nitrogen and oxygen atoms in total. The zero-order valence-electron chi connectivity index (χ0n) is 14.8. The second-order valence-corrected chi connectivity index (χ2v) is 6.54. The molecule has 26 heavy (non-hydrogen) atoms. The monoisotopic (exact) mass is 350 g/mol. The van der Waals surface area contributed by atoms with Crippen molar-refractivity contribution in [1.82, 2.24) is 0 Å². The van der Waals surface area contributed by atoms with Gasteiger partial charge in [-0.3, -0.25) is 9.59 Å². The van der Waals surface area contributed by atoms with Crippen LogP contribution in [0.3, 0.4) is 0 Å². The quantitative estimate of drug-likeness (QED) is 0.452. The smallest absolute Gasteiger partial charge is 0.320 e. The Labute approximate surface area is 153 Å². The first kappa shape index (κ1) is 18.1. The minimum absolute atomic E-state index is 0.0940. The molecule has 0 aliphatic heterocycles. The van der Waals surface area contributed by atoms with Crippen LogP contribution in [0.15, 0.2) is 54.6 Å². The van der Waals surface area contributed by atoms with Gasteiger partial charge >= 0.3 is 5.97 Å². The highest BCUT2D eigenvalue weighted by molar-refractivity contribution is 6.15. The molecular weight excluding hydrogens is 328 g/mol. The van der Waals surface area contributed by atoms with Crippen molar-refractivity contribution in [3.8, 4) is 0 Å². The summed E-state index contributed by atoms with van der Waals surface area (Å²) < 4.78 is 5.34. The molecule has 0 saturated heterocycles. The third kappa shape index (κ3) is 2.96. The summed E-state index contributed by atoms with van der Waals surface area (Å²) in [5.41, 5.74) is 0.932. The minimum Gasteiger partial charge on any atom is -0.465 e. The van der Waals surface area contributed by atoms with Crippen LogP contribution in [-0.4, -0.2) is 24.6 Å². The lowest BCUT2D eigenvalue weighted by atomic mass is 9.60. The average molecular weight is 350 g/mol. The summed E-state index contributed by atoms with van der Waals surface area (Å²) in [4.78, 5) is 38.0. The number of carbonyl (C=O) groups excluding carboxylic acids is 3. The number of hydrogen-bond donors (Lipinski definition) is 0. The number of aldehydes is 1. The number of ether oxygens (including phenoxy) is 1. The van der Waals surface area contributed by atoms with Crippen molar-refractivity contribution in [3.05, 3.63) is 71.3 Å². The summed E-state index contributed by atoms with van der Waals surface area (Å²) in [5.74, 6) is -1.31. The zero-order chi connectivity index (χ0) is 18.6. The van der Waals surface area contributed by atoms with Gasteiger partial charge in [0.1, 0.15) is 11.7 Å². The molecule has 0 amide bonds. The normalized spacial score (nSPS) is 20.1. The second kappa shape index (κ2) is 7.65. The molecule has 134 valence electrons. The highest BCUT2D eigenvalue weighted by atomic mass is 16.5. The first-order valence-corrected chi connectivity index (χ1v) is 8.93. The van der Waals surface area contributed by atoms with Crippen LogP contribution in [0.25, 0.3) is 0 Å². The van der Waals surface area contributed by atoms with Crippen LogP contribution in [0.2, 0.25) is 0 Å². The van der Waals surface area contributed by atoms with E-state index in [1.807, 2.05) is 42.5 Å². The zero-order valence-corrected chi connectivity index (χ0v) is 14.8. The molecule has 0 heterocycles. The molecule has 2 aromatic rings. The average Bonchev–Trinajstić information content (AvgIpc) is 2.68. The molecule has 0 bridgehead atoms. The highest BCUT2D eigenvalue weighted by Crippen LogP contribution is 2.48. The molecule has 2 atom stereocenters. The Kier molecular flexibility index (Phi) is 5.31. The van der Waals surface area contributed by atoms with Crippen molar-refractivity contribution >= 4 is 18.0 Å². The van der Waals surface area contributed by atoms with Crippen LogP contribution in [0.5, 0.6) is 0 Å². The Bertz CT molecular complexity index is 812. The van der Waals surface area contributed by atoms with Gasteiger partial charge in [-0.15, -0.1) is 0 Å². The number of benzene rings is 2. The standard InChI is InChI=1S/C22H22O4/c1-2-26-21(25)22(19(13-15-23)17-9-4-3-5-10-17)14-12-16-8-6-7-11-18(16)20(22)24/h3-11,15,19H,2,12-14H2,1H3/t19-,22+/m0/s1. The van der Waals surface area contributed by atoms with Crippen molar-refractivity contribution in [2.45, 2.75) is 32.1 Å². The molecule has 2 aromatic carbocycles. The van der Waals surface area contributed by atoms with Gasteiger partial charge in [0.2, 0.25) is 0 Å². The number of rotatable bonds is 6. The fourth-order valence-electron chi connectivity index (χ4n) is 3.98. The van der Waals surface area contributed by atoms with Crippen LogP contribution in [0.4, 0.5) is 0 Å². The van der Waals surface area contributed by atoms with Gasteiger partial charge in [-0.1, -0.05) is 54.6 Å². The van der Waals surface area contributed by atoms with Crippen LogP contribution in [0, 0.1) is 5.41 Å². The van der Waals surface area contributed by atoms with E-state index in [1.165, 1.54) is 0 Å². The van der Waals surface area contributed by atoms with Gasteiger partial charge in [0, 0.05) is 17.9 Å². The molecule has 1 aliphatic carbocycles. The molecular formula is C22H22O4. The van der Waals surface area contributed by atoms with Gasteiger partial charge in [-0.25, -0.2) is 0 Å². The first-order chi connectivity index (χ1) is 12.6. The summed E-state index contributed by atoms with van der Waals surface area (Å²) in [6.45, 7) is 1.92. The Morgan fingerprint density at radius 2 is 1.85 bits per heavy atom. The van der Waals surface area contributed by atoms with Crippen LogP contribution in [-0.2, 0) is 20.7 Å². The summed E-state index contributed by atoms with van der Waals surface area (Å²) in [5, 5.41) is 0. The molecule has 3 rings (SSSR count). The van der Waals surface area contributed by atoms with E-state index in [4.69, 9.17) is 4.74 Å². The van der Waals surface area contributed by atoms with E-state index in [0.29, 0.717) is 18.4 Å². The number of hydrogen-bond acceptors (Lipinski definition) is 4. The third-order valence-electron chi connectivity index (χ3n) is 5.22. The molecule has 0 unspecified atom stereocenters. The largest absolute Gasteiger partial charge is 0.465 e. The van der Waals surface area contributed by atoms with E-state index in [-0.39, 0.29) is 18.8 Å². The molecule has 4 heteroatoms. The van der Waals surface area contributed by atoms with Crippen molar-refractivity contribution in [3.63, 3.8) is 0 Å². The van der Waals surface area contributed by atoms with Gasteiger partial charge in [-0.2, -0.15) is 0 Å². The fraction of sp³-hybridized carbons (Fsp3) is 0.318. The molecule has 0 fully saturated rings. The van der Waals surface area contributed by atoms with Gasteiger partial charge < -0.3 is 9.53 Å². The molecule has 1 aliphatic rings. The SMILES string of the molecule is CCOC(=O)[C@@]1([C@@H](CC=O)c2ccccc2)CCc2ccccc2C1=O. The highest BCUT2D eigenvalue weighted by Gasteiger charge is 2.55. The van der Waals surface area contributed by atoms with Gasteiger partial charge in [0.05, 0.1) is 6.61 Å². The minimum atomic E-state index is -1.37. The fourth-order valence-corrected chi connectivity index (χ4v) is 3.98. The topological polar surface area (TPSA) is 60.4 Å². The maximum absolute atomic E-state index is 13.5. The van der Waals surface area contributed by atoms with Crippen molar-refractivity contribution < 1.29 is 19.1 Å². The van der Waals surface area contributed by atoms with Crippen LogP contribution < -0.4 is 0 Å². The summed E-state index contributed by atoms with van der Waals surface area (Å²) in [6.07, 6.45) is 1.82. The number of Topliss-reactive ketones (excluding diaryl/α,β-unsaturated/α-hetero) is 1. The molecule has 0 spiro atoms. The molecule has 0 aromatic heterocycles. The van der Waals surface area contributed by atoms with Gasteiger partial charge in [0.15, 0.2) is 5.78 Å². The van der Waals surface area contributed by atoms with E-state index < -0.39 is 17.3 Å². The Balaban J connectivity index is 2.17. The summed E-state index contributed by atoms with van der Waals surface area (Å²) >= 11 is 0. The van der Waals surface area contributed by atoms with Gasteiger partial charge in [-0.05, 0) is 30.9 Å². The van der Waals surface area contributed by atoms with Crippen molar-refractivity contribution in [1.29, 1.82) is 0 Å². The number of ketones is 1. The summed E-state index contributed by atoms with van der Waals surface area (Å²) in [7, 11) is 0. The van der Waals surface area contributed by atoms with E-state index in [0.717, 1.165) is 17.4 Å². The lowest BCUT2D eigenvalue weighted by Crippen LogP contribution is -2.48. The third-order valence-corrected chi connectivity index (χ3v) is 5.22. The Morgan fingerprint density at radius 1 is 1.15 bits per heavy atom. The second-order valence-electron chi connectivity index (χ2n) is 6.54. The predicted molar refractivity (Wildman–Crippen MR) is 98.0 cm³/mol. The number of carbonyl (C=O) groups is 3. The molecule has 0 saturated carbocycles. The maximum atomic E-state index is 13.5.